The third kappa shape index (κ3) is 1.83. The summed E-state index contributed by atoms with van der Waals surface area (Å²) in [5.41, 5.74) is -0.339. The molecule has 0 aromatic heterocycles. The fourth-order valence-corrected chi connectivity index (χ4v) is 1.93. The molecule has 0 heterocycles. The Kier molecular flexibility index (Phi) is 2.86. The second kappa shape index (κ2) is 3.97. The van der Waals surface area contributed by atoms with Gasteiger partial charge in [0.2, 0.25) is 0 Å². The number of rotatable bonds is 4. The summed E-state index contributed by atoms with van der Waals surface area (Å²) in [6.45, 7) is 2.07. The smallest absolute Gasteiger partial charge is 0.178 e. The molecule has 0 aromatic rings. The summed E-state index contributed by atoms with van der Waals surface area (Å²) in [5, 5.41) is 8.80. The zero-order valence-electron chi connectivity index (χ0n) is 9.20. The Bertz CT molecular complexity index is 221. The Hall–Kier alpha value is -0.440. The largest absolute Gasteiger partial charge is 0.355 e. The Morgan fingerprint density at radius 2 is 1.79 bits per heavy atom. The molecule has 3 heteroatoms. The molecule has 2 aliphatic carbocycles. The first-order chi connectivity index (χ1) is 6.74. The van der Waals surface area contributed by atoms with E-state index in [4.69, 9.17) is 4.74 Å². The van der Waals surface area contributed by atoms with E-state index in [2.05, 4.69) is 17.2 Å². The average molecular weight is 196 g/mol. The van der Waals surface area contributed by atoms with Crippen LogP contribution in [-0.4, -0.2) is 18.9 Å². The van der Waals surface area contributed by atoms with Crippen molar-refractivity contribution >= 4 is 0 Å². The van der Waals surface area contributed by atoms with Crippen LogP contribution in [0.3, 0.4) is 0 Å². The van der Waals surface area contributed by atoms with Gasteiger partial charge in [0.05, 0.1) is 6.04 Å². The summed E-state index contributed by atoms with van der Waals surface area (Å²) in [7, 11) is 1.75. The molecule has 14 heavy (non-hydrogen) atoms. The summed E-state index contributed by atoms with van der Waals surface area (Å²) in [4.78, 5) is 0. The van der Waals surface area contributed by atoms with Gasteiger partial charge in [0, 0.05) is 13.0 Å². The Labute approximate surface area is 85.9 Å². The van der Waals surface area contributed by atoms with E-state index in [0.29, 0.717) is 12.0 Å². The molecule has 1 atom stereocenters. The standard InChI is InChI=1S/C11H20N2O/c1-11(14-2,9-5-3-6-9)13-12-10-7-4-8-10/h9-10H,3-8H2,1-2H3/b13-12+. The minimum Gasteiger partial charge on any atom is -0.355 e. The predicted octanol–water partition coefficient (Wildman–Crippen LogP) is 3.15. The van der Waals surface area contributed by atoms with Gasteiger partial charge < -0.3 is 4.74 Å². The highest BCUT2D eigenvalue weighted by molar-refractivity contribution is 4.87. The summed E-state index contributed by atoms with van der Waals surface area (Å²) in [6, 6.07) is 0.490. The van der Waals surface area contributed by atoms with Crippen LogP contribution in [0.1, 0.15) is 45.4 Å². The monoisotopic (exact) mass is 196 g/mol. The summed E-state index contributed by atoms with van der Waals surface area (Å²) < 4.78 is 5.50. The molecule has 0 saturated heterocycles. The van der Waals surface area contributed by atoms with Crippen molar-refractivity contribution in [3.63, 3.8) is 0 Å². The van der Waals surface area contributed by atoms with E-state index in [1.54, 1.807) is 7.11 Å². The van der Waals surface area contributed by atoms with Crippen molar-refractivity contribution in [3.05, 3.63) is 0 Å². The van der Waals surface area contributed by atoms with Gasteiger partial charge in [-0.25, -0.2) is 0 Å². The third-order valence-corrected chi connectivity index (χ3v) is 3.77. The van der Waals surface area contributed by atoms with Crippen molar-refractivity contribution in [2.45, 2.75) is 57.2 Å². The highest BCUT2D eigenvalue weighted by Crippen LogP contribution is 2.39. The maximum absolute atomic E-state index is 5.50. The van der Waals surface area contributed by atoms with E-state index in [9.17, 15) is 0 Å². The molecule has 80 valence electrons. The van der Waals surface area contributed by atoms with Crippen molar-refractivity contribution < 1.29 is 4.74 Å². The molecular weight excluding hydrogens is 176 g/mol. The van der Waals surface area contributed by atoms with E-state index in [1.165, 1.54) is 38.5 Å². The molecular formula is C11H20N2O. The molecule has 2 saturated carbocycles. The predicted molar refractivity (Wildman–Crippen MR) is 55.3 cm³/mol. The Morgan fingerprint density at radius 3 is 2.14 bits per heavy atom. The van der Waals surface area contributed by atoms with Gasteiger partial charge in [-0.15, -0.1) is 0 Å². The normalized spacial score (nSPS) is 28.4. The molecule has 2 fully saturated rings. The fraction of sp³-hybridized carbons (Fsp3) is 1.00. The molecule has 0 aliphatic heterocycles. The highest BCUT2D eigenvalue weighted by Gasteiger charge is 2.38. The van der Waals surface area contributed by atoms with Crippen LogP contribution in [-0.2, 0) is 4.74 Å². The molecule has 2 rings (SSSR count). The SMILES string of the molecule is COC(C)(/N=N/C1CCC1)C1CCC1. The summed E-state index contributed by atoms with van der Waals surface area (Å²) in [5.74, 6) is 0.594. The second-order valence-corrected chi connectivity index (χ2v) is 4.69. The van der Waals surface area contributed by atoms with Crippen LogP contribution in [0, 0.1) is 5.92 Å². The lowest BCUT2D eigenvalue weighted by atomic mass is 9.78. The first kappa shape index (κ1) is 10.1. The number of hydrogen-bond donors (Lipinski definition) is 0. The number of hydrogen-bond acceptors (Lipinski definition) is 3. The lowest BCUT2D eigenvalue weighted by Crippen LogP contribution is -2.39. The molecule has 0 aromatic carbocycles. The van der Waals surface area contributed by atoms with Crippen molar-refractivity contribution in [1.82, 2.24) is 0 Å². The first-order valence-corrected chi connectivity index (χ1v) is 5.72. The van der Waals surface area contributed by atoms with Gasteiger partial charge in [-0.3, -0.25) is 0 Å². The molecule has 0 radical (unpaired) electrons. The van der Waals surface area contributed by atoms with Crippen LogP contribution in [0.25, 0.3) is 0 Å². The van der Waals surface area contributed by atoms with E-state index in [1.807, 2.05) is 0 Å². The zero-order valence-corrected chi connectivity index (χ0v) is 9.20. The van der Waals surface area contributed by atoms with Crippen molar-refractivity contribution in [2.24, 2.45) is 16.1 Å². The topological polar surface area (TPSA) is 34.0 Å². The van der Waals surface area contributed by atoms with Gasteiger partial charge in [-0.05, 0) is 39.0 Å². The molecule has 0 N–H and O–H groups in total. The number of methoxy groups -OCH3 is 1. The lowest BCUT2D eigenvalue weighted by Gasteiger charge is -2.38. The quantitative estimate of drug-likeness (QED) is 0.636. The van der Waals surface area contributed by atoms with E-state index >= 15 is 0 Å². The minimum absolute atomic E-state index is 0.339. The van der Waals surface area contributed by atoms with Crippen molar-refractivity contribution in [1.29, 1.82) is 0 Å². The van der Waals surface area contributed by atoms with Gasteiger partial charge in [-0.1, -0.05) is 6.42 Å². The maximum Gasteiger partial charge on any atom is 0.178 e. The van der Waals surface area contributed by atoms with Gasteiger partial charge in [0.25, 0.3) is 0 Å². The van der Waals surface area contributed by atoms with Crippen molar-refractivity contribution in [2.75, 3.05) is 7.11 Å². The van der Waals surface area contributed by atoms with Crippen LogP contribution in [0.2, 0.25) is 0 Å². The zero-order chi connectivity index (χ0) is 10.0. The Balaban J connectivity index is 1.92. The van der Waals surface area contributed by atoms with Gasteiger partial charge in [0.1, 0.15) is 0 Å². The van der Waals surface area contributed by atoms with Crippen LogP contribution in [0.4, 0.5) is 0 Å². The highest BCUT2D eigenvalue weighted by atomic mass is 16.5. The van der Waals surface area contributed by atoms with Crippen molar-refractivity contribution in [3.8, 4) is 0 Å². The average Bonchev–Trinajstić information content (AvgIpc) is 1.98. The van der Waals surface area contributed by atoms with Gasteiger partial charge in [-0.2, -0.15) is 10.2 Å². The minimum atomic E-state index is -0.339. The van der Waals surface area contributed by atoms with Crippen LogP contribution in [0.15, 0.2) is 10.2 Å². The van der Waals surface area contributed by atoms with Gasteiger partial charge in [0.15, 0.2) is 5.72 Å². The molecule has 1 unspecified atom stereocenters. The summed E-state index contributed by atoms with van der Waals surface area (Å²) in [6.07, 6.45) is 7.56. The molecule has 3 nitrogen and oxygen atoms in total. The van der Waals surface area contributed by atoms with Gasteiger partial charge >= 0.3 is 0 Å². The number of ether oxygens (including phenoxy) is 1. The first-order valence-electron chi connectivity index (χ1n) is 5.72. The maximum atomic E-state index is 5.50. The Morgan fingerprint density at radius 1 is 1.14 bits per heavy atom. The van der Waals surface area contributed by atoms with Crippen LogP contribution < -0.4 is 0 Å². The van der Waals surface area contributed by atoms with E-state index in [0.717, 1.165) is 0 Å². The summed E-state index contributed by atoms with van der Waals surface area (Å²) >= 11 is 0. The van der Waals surface area contributed by atoms with Crippen LogP contribution >= 0.6 is 0 Å². The lowest BCUT2D eigenvalue weighted by molar-refractivity contribution is -0.0696. The molecule has 0 amide bonds. The molecule has 0 spiro atoms. The molecule has 2 aliphatic rings. The molecule has 0 bridgehead atoms. The van der Waals surface area contributed by atoms with E-state index in [-0.39, 0.29) is 5.72 Å². The number of nitrogens with zero attached hydrogens (tertiary/aromatic N) is 2. The number of azo groups is 1. The van der Waals surface area contributed by atoms with Crippen LogP contribution in [0.5, 0.6) is 0 Å². The van der Waals surface area contributed by atoms with E-state index < -0.39 is 0 Å². The second-order valence-electron chi connectivity index (χ2n) is 4.69. The fourth-order valence-electron chi connectivity index (χ4n) is 1.93. The third-order valence-electron chi connectivity index (χ3n) is 3.77.